The highest BCUT2D eigenvalue weighted by molar-refractivity contribution is 5.95. The molecule has 2 N–H and O–H groups in total. The first-order valence-corrected chi connectivity index (χ1v) is 9.49. The summed E-state index contributed by atoms with van der Waals surface area (Å²) in [7, 11) is 0. The summed E-state index contributed by atoms with van der Waals surface area (Å²) in [5, 5.41) is 5.33. The summed E-state index contributed by atoms with van der Waals surface area (Å²) in [5.74, 6) is -0.262. The zero-order valence-electron chi connectivity index (χ0n) is 15.4. The van der Waals surface area contributed by atoms with Crippen LogP contribution in [0.1, 0.15) is 52.4 Å². The molecule has 7 nitrogen and oxygen atoms in total. The highest BCUT2D eigenvalue weighted by Crippen LogP contribution is 2.23. The molecule has 2 aliphatic rings. The first-order valence-electron chi connectivity index (χ1n) is 9.49. The number of urea groups is 1. The number of imide groups is 1. The van der Waals surface area contributed by atoms with Gasteiger partial charge in [-0.3, -0.25) is 19.8 Å². The number of esters is 1. The number of likely N-dealkylation sites (tertiary alicyclic amines) is 1. The Hall–Kier alpha value is -1.63. The van der Waals surface area contributed by atoms with Crippen molar-refractivity contribution in [3.8, 4) is 0 Å². The maximum absolute atomic E-state index is 12.1. The topological polar surface area (TPSA) is 87.7 Å². The summed E-state index contributed by atoms with van der Waals surface area (Å²) in [6, 6.07) is -0.271. The second-order valence-corrected chi connectivity index (χ2v) is 7.22. The van der Waals surface area contributed by atoms with Gasteiger partial charge in [-0.1, -0.05) is 19.8 Å². The largest absolute Gasteiger partial charge is 0.466 e. The Labute approximate surface area is 149 Å². The lowest BCUT2D eigenvalue weighted by Crippen LogP contribution is -2.51. The van der Waals surface area contributed by atoms with Crippen LogP contribution in [0.15, 0.2) is 0 Å². The maximum atomic E-state index is 12.1. The van der Waals surface area contributed by atoms with Gasteiger partial charge >= 0.3 is 12.0 Å². The Kier molecular flexibility index (Phi) is 7.68. The molecule has 0 radical (unpaired) electrons. The molecule has 1 saturated carbocycles. The molecule has 142 valence electrons. The fourth-order valence-electron chi connectivity index (χ4n) is 3.76. The van der Waals surface area contributed by atoms with Crippen molar-refractivity contribution in [3.05, 3.63) is 0 Å². The van der Waals surface area contributed by atoms with Gasteiger partial charge in [0, 0.05) is 12.6 Å². The smallest absolute Gasteiger partial charge is 0.321 e. The van der Waals surface area contributed by atoms with Gasteiger partial charge in [-0.15, -0.1) is 0 Å². The summed E-state index contributed by atoms with van der Waals surface area (Å²) in [5.41, 5.74) is 0. The molecule has 1 aliphatic heterocycles. The van der Waals surface area contributed by atoms with Gasteiger partial charge in [-0.25, -0.2) is 4.79 Å². The molecule has 1 saturated heterocycles. The van der Waals surface area contributed by atoms with Gasteiger partial charge in [-0.2, -0.15) is 0 Å². The number of nitrogens with one attached hydrogen (secondary N) is 2. The van der Waals surface area contributed by atoms with Gasteiger partial charge < -0.3 is 10.1 Å². The van der Waals surface area contributed by atoms with Crippen molar-refractivity contribution in [2.75, 3.05) is 26.2 Å². The van der Waals surface area contributed by atoms with Crippen LogP contribution in [-0.4, -0.2) is 55.1 Å². The van der Waals surface area contributed by atoms with Crippen molar-refractivity contribution < 1.29 is 19.1 Å². The van der Waals surface area contributed by atoms with Crippen LogP contribution in [0.4, 0.5) is 4.79 Å². The number of ether oxygens (including phenoxy) is 1. The summed E-state index contributed by atoms with van der Waals surface area (Å²) in [6.45, 7) is 5.68. The van der Waals surface area contributed by atoms with E-state index in [1.807, 2.05) is 4.90 Å². The van der Waals surface area contributed by atoms with Crippen LogP contribution in [0.5, 0.6) is 0 Å². The number of carbonyl (C=O) groups excluding carboxylic acids is 3. The van der Waals surface area contributed by atoms with Crippen LogP contribution in [0.3, 0.4) is 0 Å². The Morgan fingerprint density at radius 1 is 1.12 bits per heavy atom. The van der Waals surface area contributed by atoms with Gasteiger partial charge in [-0.05, 0) is 45.1 Å². The third kappa shape index (κ3) is 6.30. The Balaban J connectivity index is 1.73. The van der Waals surface area contributed by atoms with Crippen molar-refractivity contribution >= 4 is 17.9 Å². The number of amides is 3. The van der Waals surface area contributed by atoms with E-state index in [0.29, 0.717) is 19.1 Å². The second kappa shape index (κ2) is 9.75. The van der Waals surface area contributed by atoms with Crippen LogP contribution >= 0.6 is 0 Å². The Bertz CT molecular complexity index is 483. The third-order valence-corrected chi connectivity index (χ3v) is 5.17. The maximum Gasteiger partial charge on any atom is 0.321 e. The van der Waals surface area contributed by atoms with E-state index in [2.05, 4.69) is 17.6 Å². The molecule has 0 bridgehead atoms. The average Bonchev–Trinajstić information content (AvgIpc) is 2.57. The average molecular weight is 353 g/mol. The number of piperidine rings is 1. The lowest BCUT2D eigenvalue weighted by Gasteiger charge is -2.31. The molecule has 3 unspecified atom stereocenters. The molecule has 0 aromatic rings. The fourth-order valence-corrected chi connectivity index (χ4v) is 3.76. The van der Waals surface area contributed by atoms with Crippen LogP contribution in [0, 0.1) is 11.8 Å². The molecule has 0 aromatic heterocycles. The molecular weight excluding hydrogens is 322 g/mol. The van der Waals surface area contributed by atoms with Gasteiger partial charge in [0.1, 0.15) is 0 Å². The SMILES string of the molecule is CCOC(=O)C1CCCN(CC(=O)NC(=O)NC2CCCCC2C)C1. The minimum atomic E-state index is -0.414. The Morgan fingerprint density at radius 3 is 2.60 bits per heavy atom. The lowest BCUT2D eigenvalue weighted by molar-refractivity contribution is -0.150. The van der Waals surface area contributed by atoms with E-state index in [1.165, 1.54) is 6.42 Å². The molecule has 1 aliphatic carbocycles. The van der Waals surface area contributed by atoms with Crippen molar-refractivity contribution in [3.63, 3.8) is 0 Å². The van der Waals surface area contributed by atoms with Crippen LogP contribution < -0.4 is 10.6 Å². The zero-order valence-corrected chi connectivity index (χ0v) is 15.4. The molecule has 3 amide bonds. The first kappa shape index (κ1) is 19.7. The van der Waals surface area contributed by atoms with Crippen molar-refractivity contribution in [2.24, 2.45) is 11.8 Å². The molecule has 0 spiro atoms. The Morgan fingerprint density at radius 2 is 1.88 bits per heavy atom. The van der Waals surface area contributed by atoms with Crippen LogP contribution in [0.25, 0.3) is 0 Å². The van der Waals surface area contributed by atoms with Crippen LogP contribution in [0.2, 0.25) is 0 Å². The van der Waals surface area contributed by atoms with Gasteiger partial charge in [0.15, 0.2) is 0 Å². The summed E-state index contributed by atoms with van der Waals surface area (Å²) in [6.07, 6.45) is 6.04. The fraction of sp³-hybridized carbons (Fsp3) is 0.833. The number of hydrogen-bond acceptors (Lipinski definition) is 5. The van der Waals surface area contributed by atoms with Gasteiger partial charge in [0.2, 0.25) is 5.91 Å². The van der Waals surface area contributed by atoms with Crippen molar-refractivity contribution in [1.29, 1.82) is 0 Å². The second-order valence-electron chi connectivity index (χ2n) is 7.22. The zero-order chi connectivity index (χ0) is 18.2. The van der Waals surface area contributed by atoms with Crippen molar-refractivity contribution in [2.45, 2.75) is 58.4 Å². The summed E-state index contributed by atoms with van der Waals surface area (Å²) < 4.78 is 5.06. The number of hydrogen-bond donors (Lipinski definition) is 2. The lowest BCUT2D eigenvalue weighted by atomic mass is 9.86. The predicted octanol–water partition coefficient (Wildman–Crippen LogP) is 1.67. The molecular formula is C18H31N3O4. The number of carbonyl (C=O) groups is 3. The first-order chi connectivity index (χ1) is 12.0. The van der Waals surface area contributed by atoms with E-state index < -0.39 is 6.03 Å². The molecule has 25 heavy (non-hydrogen) atoms. The molecule has 7 heteroatoms. The quantitative estimate of drug-likeness (QED) is 0.734. The highest BCUT2D eigenvalue weighted by Gasteiger charge is 2.28. The van der Waals surface area contributed by atoms with E-state index >= 15 is 0 Å². The number of rotatable bonds is 5. The molecule has 2 fully saturated rings. The predicted molar refractivity (Wildman–Crippen MR) is 93.9 cm³/mol. The van der Waals surface area contributed by atoms with E-state index in [4.69, 9.17) is 4.74 Å². The minimum Gasteiger partial charge on any atom is -0.466 e. The van der Waals surface area contributed by atoms with E-state index in [0.717, 1.165) is 38.6 Å². The monoisotopic (exact) mass is 353 g/mol. The summed E-state index contributed by atoms with van der Waals surface area (Å²) in [4.78, 5) is 37.9. The van der Waals surface area contributed by atoms with Crippen molar-refractivity contribution in [1.82, 2.24) is 15.5 Å². The van der Waals surface area contributed by atoms with Crippen LogP contribution in [-0.2, 0) is 14.3 Å². The normalized spacial score (nSPS) is 27.4. The van der Waals surface area contributed by atoms with Gasteiger partial charge in [0.05, 0.1) is 19.1 Å². The molecule has 2 rings (SSSR count). The molecule has 3 atom stereocenters. The van der Waals surface area contributed by atoms with E-state index in [-0.39, 0.29) is 30.4 Å². The van der Waals surface area contributed by atoms with Gasteiger partial charge in [0.25, 0.3) is 0 Å². The van der Waals surface area contributed by atoms with E-state index in [1.54, 1.807) is 6.92 Å². The highest BCUT2D eigenvalue weighted by atomic mass is 16.5. The minimum absolute atomic E-state index is 0.129. The standard InChI is InChI=1S/C18H31N3O4/c1-3-25-17(23)14-8-6-10-21(11-14)12-16(22)20-18(24)19-15-9-5-4-7-13(15)2/h13-15H,3-12H2,1-2H3,(H2,19,20,22,24). The molecule has 0 aromatic carbocycles. The third-order valence-electron chi connectivity index (χ3n) is 5.17. The van der Waals surface area contributed by atoms with E-state index in [9.17, 15) is 14.4 Å². The number of nitrogens with zero attached hydrogens (tertiary/aromatic N) is 1. The molecule has 1 heterocycles. The summed E-state index contributed by atoms with van der Waals surface area (Å²) >= 11 is 0.